The second kappa shape index (κ2) is 5.69. The third-order valence-electron chi connectivity index (χ3n) is 2.61. The van der Waals surface area contributed by atoms with Crippen molar-refractivity contribution in [2.24, 2.45) is 0 Å². The standard InChI is InChI=1S/C13H9BrF3NO2S/c14-11-3-1-2-4-12(11)18-21(19,20)10-7-5-9(6-8-10)13(15,16)17/h1-8,18H. The molecule has 0 aliphatic heterocycles. The van der Waals surface area contributed by atoms with Gasteiger partial charge in [0.1, 0.15) is 0 Å². The van der Waals surface area contributed by atoms with Gasteiger partial charge in [-0.05, 0) is 52.3 Å². The van der Waals surface area contributed by atoms with E-state index < -0.39 is 21.8 Å². The Hall–Kier alpha value is -1.54. The molecule has 112 valence electrons. The number of alkyl halides is 3. The molecule has 0 aromatic heterocycles. The number of nitrogens with one attached hydrogen (secondary N) is 1. The predicted molar refractivity (Wildman–Crippen MR) is 76.4 cm³/mol. The van der Waals surface area contributed by atoms with Crippen molar-refractivity contribution >= 4 is 31.6 Å². The summed E-state index contributed by atoms with van der Waals surface area (Å²) in [6.07, 6.45) is -4.50. The van der Waals surface area contributed by atoms with Gasteiger partial charge in [-0.1, -0.05) is 12.1 Å². The maximum atomic E-state index is 12.4. The lowest BCUT2D eigenvalue weighted by molar-refractivity contribution is -0.137. The van der Waals surface area contributed by atoms with Crippen molar-refractivity contribution in [1.29, 1.82) is 0 Å². The Morgan fingerprint density at radius 3 is 2.05 bits per heavy atom. The molecule has 3 nitrogen and oxygen atoms in total. The fraction of sp³-hybridized carbons (Fsp3) is 0.0769. The first-order valence-electron chi connectivity index (χ1n) is 5.65. The van der Waals surface area contributed by atoms with Crippen LogP contribution in [0.4, 0.5) is 18.9 Å². The van der Waals surface area contributed by atoms with E-state index in [1.165, 1.54) is 6.07 Å². The zero-order valence-corrected chi connectivity index (χ0v) is 12.8. The maximum absolute atomic E-state index is 12.4. The number of hydrogen-bond acceptors (Lipinski definition) is 2. The smallest absolute Gasteiger partial charge is 0.278 e. The molecule has 2 aromatic carbocycles. The number of anilines is 1. The minimum Gasteiger partial charge on any atom is -0.278 e. The number of halogens is 4. The lowest BCUT2D eigenvalue weighted by Crippen LogP contribution is -2.14. The van der Waals surface area contributed by atoms with E-state index in [2.05, 4.69) is 20.7 Å². The maximum Gasteiger partial charge on any atom is 0.416 e. The van der Waals surface area contributed by atoms with Crippen LogP contribution in [0.1, 0.15) is 5.56 Å². The molecule has 0 amide bonds. The quantitative estimate of drug-likeness (QED) is 0.865. The summed E-state index contributed by atoms with van der Waals surface area (Å²) in [4.78, 5) is -0.244. The van der Waals surface area contributed by atoms with E-state index in [1.54, 1.807) is 18.2 Å². The van der Waals surface area contributed by atoms with E-state index in [0.717, 1.165) is 24.3 Å². The number of rotatable bonds is 3. The van der Waals surface area contributed by atoms with E-state index in [-0.39, 0.29) is 4.90 Å². The average molecular weight is 380 g/mol. The molecule has 0 aliphatic rings. The van der Waals surface area contributed by atoms with Gasteiger partial charge in [0.2, 0.25) is 0 Å². The molecule has 0 bridgehead atoms. The summed E-state index contributed by atoms with van der Waals surface area (Å²) in [5, 5.41) is 0. The van der Waals surface area contributed by atoms with Crippen LogP contribution in [-0.4, -0.2) is 8.42 Å². The van der Waals surface area contributed by atoms with Crippen LogP contribution in [0, 0.1) is 0 Å². The van der Waals surface area contributed by atoms with E-state index in [4.69, 9.17) is 0 Å². The predicted octanol–water partition coefficient (Wildman–Crippen LogP) is 4.27. The second-order valence-corrected chi connectivity index (χ2v) is 6.64. The fourth-order valence-electron chi connectivity index (χ4n) is 1.57. The first kappa shape index (κ1) is 15.8. The molecule has 2 aromatic rings. The molecule has 0 saturated carbocycles. The molecule has 0 saturated heterocycles. The topological polar surface area (TPSA) is 46.2 Å². The normalized spacial score (nSPS) is 12.2. The van der Waals surface area contributed by atoms with Crippen LogP contribution in [0.2, 0.25) is 0 Å². The van der Waals surface area contributed by atoms with Gasteiger partial charge in [0, 0.05) is 4.47 Å². The van der Waals surface area contributed by atoms with Crippen molar-refractivity contribution in [2.45, 2.75) is 11.1 Å². The Labute approximate surface area is 128 Å². The summed E-state index contributed by atoms with van der Waals surface area (Å²) in [6, 6.07) is 9.82. The largest absolute Gasteiger partial charge is 0.416 e. The molecule has 0 aliphatic carbocycles. The molecule has 0 spiro atoms. The fourth-order valence-corrected chi connectivity index (χ4v) is 3.17. The summed E-state index contributed by atoms with van der Waals surface area (Å²) in [6.45, 7) is 0. The zero-order chi connectivity index (χ0) is 15.7. The molecule has 0 radical (unpaired) electrons. The van der Waals surface area contributed by atoms with Gasteiger partial charge >= 0.3 is 6.18 Å². The Balaban J connectivity index is 2.30. The van der Waals surface area contributed by atoms with Crippen molar-refractivity contribution in [1.82, 2.24) is 0 Å². The van der Waals surface area contributed by atoms with Crippen LogP contribution in [-0.2, 0) is 16.2 Å². The van der Waals surface area contributed by atoms with Gasteiger partial charge < -0.3 is 0 Å². The number of sulfonamides is 1. The average Bonchev–Trinajstić information content (AvgIpc) is 2.40. The Bertz CT molecular complexity index is 743. The van der Waals surface area contributed by atoms with Crippen molar-refractivity contribution in [3.8, 4) is 0 Å². The first-order chi connectivity index (χ1) is 9.70. The SMILES string of the molecule is O=S(=O)(Nc1ccccc1Br)c1ccc(C(F)(F)F)cc1. The van der Waals surface area contributed by atoms with Crippen LogP contribution < -0.4 is 4.72 Å². The van der Waals surface area contributed by atoms with E-state index in [0.29, 0.717) is 10.2 Å². The number of hydrogen-bond donors (Lipinski definition) is 1. The first-order valence-corrected chi connectivity index (χ1v) is 7.92. The highest BCUT2D eigenvalue weighted by Gasteiger charge is 2.30. The Kier molecular flexibility index (Phi) is 4.29. The second-order valence-electron chi connectivity index (χ2n) is 4.11. The van der Waals surface area contributed by atoms with Gasteiger partial charge in [-0.15, -0.1) is 0 Å². The summed E-state index contributed by atoms with van der Waals surface area (Å²) < 4.78 is 64.4. The van der Waals surface area contributed by atoms with Gasteiger partial charge in [0.15, 0.2) is 0 Å². The van der Waals surface area contributed by atoms with Gasteiger partial charge in [0.05, 0.1) is 16.1 Å². The molecule has 21 heavy (non-hydrogen) atoms. The van der Waals surface area contributed by atoms with Crippen LogP contribution >= 0.6 is 15.9 Å². The van der Waals surface area contributed by atoms with Gasteiger partial charge in [-0.25, -0.2) is 8.42 Å². The zero-order valence-electron chi connectivity index (χ0n) is 10.4. The molecule has 0 heterocycles. The van der Waals surface area contributed by atoms with Crippen LogP contribution in [0.25, 0.3) is 0 Å². The third-order valence-corrected chi connectivity index (χ3v) is 4.68. The highest BCUT2D eigenvalue weighted by atomic mass is 79.9. The number of benzene rings is 2. The molecule has 1 N–H and O–H groups in total. The molecule has 0 fully saturated rings. The highest BCUT2D eigenvalue weighted by Crippen LogP contribution is 2.30. The summed E-state index contributed by atoms with van der Waals surface area (Å²) in [5.74, 6) is 0. The van der Waals surface area contributed by atoms with E-state index in [1.807, 2.05) is 0 Å². The minimum atomic E-state index is -4.50. The van der Waals surface area contributed by atoms with Crippen molar-refractivity contribution in [3.05, 3.63) is 58.6 Å². The lowest BCUT2D eigenvalue weighted by Gasteiger charge is -2.11. The van der Waals surface area contributed by atoms with E-state index in [9.17, 15) is 21.6 Å². The van der Waals surface area contributed by atoms with Crippen LogP contribution in [0.15, 0.2) is 57.9 Å². The van der Waals surface area contributed by atoms with Crippen molar-refractivity contribution in [3.63, 3.8) is 0 Å². The minimum absolute atomic E-state index is 0.244. The molecule has 0 atom stereocenters. The molecule has 0 unspecified atom stereocenters. The lowest BCUT2D eigenvalue weighted by atomic mass is 10.2. The molecular formula is C13H9BrF3NO2S. The third kappa shape index (κ3) is 3.76. The highest BCUT2D eigenvalue weighted by molar-refractivity contribution is 9.10. The van der Waals surface area contributed by atoms with Crippen molar-refractivity contribution < 1.29 is 21.6 Å². The van der Waals surface area contributed by atoms with E-state index >= 15 is 0 Å². The summed E-state index contributed by atoms with van der Waals surface area (Å²) >= 11 is 3.18. The molecule has 8 heteroatoms. The monoisotopic (exact) mass is 379 g/mol. The Morgan fingerprint density at radius 2 is 1.52 bits per heavy atom. The summed E-state index contributed by atoms with van der Waals surface area (Å²) in [5.41, 5.74) is -0.597. The Morgan fingerprint density at radius 1 is 0.952 bits per heavy atom. The van der Waals surface area contributed by atoms with Gasteiger partial charge in [-0.2, -0.15) is 13.2 Å². The molecular weight excluding hydrogens is 371 g/mol. The summed E-state index contributed by atoms with van der Waals surface area (Å²) in [7, 11) is -3.95. The molecule has 2 rings (SSSR count). The van der Waals surface area contributed by atoms with Gasteiger partial charge in [0.25, 0.3) is 10.0 Å². The van der Waals surface area contributed by atoms with Gasteiger partial charge in [-0.3, -0.25) is 4.72 Å². The van der Waals surface area contributed by atoms with Crippen LogP contribution in [0.3, 0.4) is 0 Å². The number of para-hydroxylation sites is 1. The van der Waals surface area contributed by atoms with Crippen LogP contribution in [0.5, 0.6) is 0 Å². The van der Waals surface area contributed by atoms with Crippen molar-refractivity contribution in [2.75, 3.05) is 4.72 Å².